The number of nitrogens with one attached hydrogen (secondary N) is 3. The third kappa shape index (κ3) is 5.07. The number of benzene rings is 2. The van der Waals surface area contributed by atoms with Gasteiger partial charge < -0.3 is 20.2 Å². The van der Waals surface area contributed by atoms with Crippen LogP contribution in [0.1, 0.15) is 28.9 Å². The van der Waals surface area contributed by atoms with E-state index in [2.05, 4.69) is 30.9 Å². The number of rotatable bonds is 5. The predicted octanol–water partition coefficient (Wildman–Crippen LogP) is 3.00. The number of carbonyl (C=O) groups excluding carboxylic acids is 1. The van der Waals surface area contributed by atoms with Gasteiger partial charge >= 0.3 is 12.0 Å². The van der Waals surface area contributed by atoms with Gasteiger partial charge in [0, 0.05) is 23.0 Å². The van der Waals surface area contributed by atoms with Crippen LogP contribution in [-0.4, -0.2) is 40.8 Å². The van der Waals surface area contributed by atoms with Crippen LogP contribution in [0.25, 0.3) is 11.1 Å². The van der Waals surface area contributed by atoms with Gasteiger partial charge in [-0.2, -0.15) is 4.98 Å². The lowest BCUT2D eigenvalue weighted by Gasteiger charge is -2.27. The Balaban J connectivity index is 1.50. The molecule has 10 nitrogen and oxygen atoms in total. The number of amides is 1. The summed E-state index contributed by atoms with van der Waals surface area (Å²) in [6.07, 6.45) is 1.29. The number of carbonyl (C=O) groups is 2. The minimum atomic E-state index is -1.15. The number of nitrogens with zero attached hydrogens (tertiary/aromatic N) is 3. The number of halogens is 2. The molecule has 0 bridgehead atoms. The van der Waals surface area contributed by atoms with Crippen LogP contribution in [0.15, 0.2) is 75.4 Å². The summed E-state index contributed by atoms with van der Waals surface area (Å²) in [5, 5.41) is 18.3. The molecule has 1 aliphatic heterocycles. The second-order valence-electron chi connectivity index (χ2n) is 8.51. The van der Waals surface area contributed by atoms with Gasteiger partial charge in [0.05, 0.1) is 11.1 Å². The normalized spacial score (nSPS) is 15.1. The standard InChI is InChI=1S/C25H19BClFN6O4/c1-11-20(22(35)32-19-8-12(23(36)37)6-7-29-19)21(15-4-2-13(26)9-16(15)27)33-24(30-11)34-25-31-17-5-3-14(28)10-18(17)38-25/h2-10,21H,26H2,1H3,(H,36,37)(H,29,32,35)(H2,30,31,33,34). The molecule has 2 aromatic carbocycles. The summed E-state index contributed by atoms with van der Waals surface area (Å²) in [6.45, 7) is 1.68. The molecule has 1 atom stereocenters. The van der Waals surface area contributed by atoms with Crippen molar-refractivity contribution in [1.82, 2.24) is 15.3 Å². The number of pyridine rings is 1. The van der Waals surface area contributed by atoms with Crippen molar-refractivity contribution < 1.29 is 23.5 Å². The summed E-state index contributed by atoms with van der Waals surface area (Å²) in [5.74, 6) is -1.87. The highest BCUT2D eigenvalue weighted by Crippen LogP contribution is 2.35. The van der Waals surface area contributed by atoms with Gasteiger partial charge in [-0.15, -0.1) is 0 Å². The minimum Gasteiger partial charge on any atom is -0.478 e. The van der Waals surface area contributed by atoms with Crippen LogP contribution >= 0.6 is 11.6 Å². The topological polar surface area (TPSA) is 142 Å². The number of fused-ring (bicyclic) bond motifs is 1. The van der Waals surface area contributed by atoms with Gasteiger partial charge in [-0.1, -0.05) is 29.2 Å². The number of carboxylic acid groups (broad SMARTS) is 1. The largest absolute Gasteiger partial charge is 0.478 e. The molecule has 0 radical (unpaired) electrons. The van der Waals surface area contributed by atoms with E-state index in [-0.39, 0.29) is 34.5 Å². The van der Waals surface area contributed by atoms with E-state index in [0.717, 1.165) is 5.46 Å². The Bertz CT molecular complexity index is 1670. The Morgan fingerprint density at radius 1 is 1.18 bits per heavy atom. The van der Waals surface area contributed by atoms with Crippen LogP contribution in [0, 0.1) is 5.82 Å². The number of hydrogen-bond acceptors (Lipinski definition) is 8. The van der Waals surface area contributed by atoms with Crippen molar-refractivity contribution in [3.8, 4) is 0 Å². The zero-order valence-corrected chi connectivity index (χ0v) is 20.8. The van der Waals surface area contributed by atoms with E-state index in [1.165, 1.54) is 36.5 Å². The molecule has 5 rings (SSSR count). The van der Waals surface area contributed by atoms with Gasteiger partial charge in [-0.05, 0) is 42.8 Å². The van der Waals surface area contributed by atoms with Crippen molar-refractivity contribution in [1.29, 1.82) is 0 Å². The van der Waals surface area contributed by atoms with Crippen LogP contribution in [0.2, 0.25) is 5.02 Å². The molecule has 190 valence electrons. The van der Waals surface area contributed by atoms with Crippen molar-refractivity contribution in [3.05, 3.63) is 88.0 Å². The Morgan fingerprint density at radius 3 is 2.76 bits per heavy atom. The van der Waals surface area contributed by atoms with Crippen molar-refractivity contribution in [3.63, 3.8) is 0 Å². The molecule has 1 unspecified atom stereocenters. The monoisotopic (exact) mass is 532 g/mol. The summed E-state index contributed by atoms with van der Waals surface area (Å²) >= 11 is 6.56. The zero-order chi connectivity index (χ0) is 27.0. The first-order chi connectivity index (χ1) is 18.2. The molecular formula is C25H19BClFN6O4. The quantitative estimate of drug-likeness (QED) is 0.287. The van der Waals surface area contributed by atoms with E-state index >= 15 is 0 Å². The van der Waals surface area contributed by atoms with Crippen molar-refractivity contribution in [2.75, 3.05) is 10.6 Å². The third-order valence-corrected chi connectivity index (χ3v) is 6.09. The van der Waals surface area contributed by atoms with Gasteiger partial charge in [0.1, 0.15) is 31.0 Å². The number of hydrogen-bond donors (Lipinski definition) is 4. The second kappa shape index (κ2) is 9.98. The number of anilines is 2. The van der Waals surface area contributed by atoms with Crippen LogP contribution in [0.5, 0.6) is 0 Å². The Labute approximate surface area is 221 Å². The van der Waals surface area contributed by atoms with Crippen LogP contribution < -0.4 is 21.4 Å². The predicted molar refractivity (Wildman–Crippen MR) is 143 cm³/mol. The highest BCUT2D eigenvalue weighted by Gasteiger charge is 2.31. The van der Waals surface area contributed by atoms with Crippen LogP contribution in [0.4, 0.5) is 16.2 Å². The lowest BCUT2D eigenvalue weighted by molar-refractivity contribution is -0.113. The summed E-state index contributed by atoms with van der Waals surface area (Å²) < 4.78 is 19.2. The highest BCUT2D eigenvalue weighted by molar-refractivity contribution is 6.36. The molecule has 1 amide bonds. The molecule has 1 aliphatic rings. The van der Waals surface area contributed by atoms with Crippen molar-refractivity contribution in [2.45, 2.75) is 13.0 Å². The van der Waals surface area contributed by atoms with E-state index in [1.54, 1.807) is 19.1 Å². The Kier molecular flexibility index (Phi) is 6.56. The van der Waals surface area contributed by atoms with E-state index in [4.69, 9.17) is 16.0 Å². The number of aromatic nitrogens is 2. The number of allylic oxidation sites excluding steroid dienone is 1. The molecule has 0 saturated carbocycles. The van der Waals surface area contributed by atoms with Gasteiger partial charge in [-0.25, -0.2) is 19.2 Å². The van der Waals surface area contributed by atoms with Gasteiger partial charge in [0.15, 0.2) is 5.58 Å². The average Bonchev–Trinajstić information content (AvgIpc) is 3.25. The molecule has 0 aliphatic carbocycles. The van der Waals surface area contributed by atoms with Crippen molar-refractivity contribution in [2.24, 2.45) is 4.99 Å². The second-order valence-corrected chi connectivity index (χ2v) is 8.92. The van der Waals surface area contributed by atoms with Crippen LogP contribution in [-0.2, 0) is 4.79 Å². The molecule has 4 aromatic rings. The van der Waals surface area contributed by atoms with E-state index < -0.39 is 23.7 Å². The first kappa shape index (κ1) is 25.0. The fraction of sp³-hybridized carbons (Fsp3) is 0.0800. The maximum atomic E-state index is 13.6. The summed E-state index contributed by atoms with van der Waals surface area (Å²) in [4.78, 5) is 37.8. The molecule has 4 N–H and O–H groups in total. The Morgan fingerprint density at radius 2 is 2.00 bits per heavy atom. The molecule has 0 fully saturated rings. The average molecular weight is 533 g/mol. The summed E-state index contributed by atoms with van der Waals surface area (Å²) in [5.41, 5.74) is 2.85. The number of aliphatic imine (C=N–C) groups is 1. The third-order valence-electron chi connectivity index (χ3n) is 5.76. The van der Waals surface area contributed by atoms with Crippen LogP contribution in [0.3, 0.4) is 0 Å². The van der Waals surface area contributed by atoms with Gasteiger partial charge in [-0.3, -0.25) is 10.1 Å². The molecule has 0 spiro atoms. The number of carboxylic acids is 1. The molecule has 38 heavy (non-hydrogen) atoms. The smallest absolute Gasteiger partial charge is 0.335 e. The fourth-order valence-electron chi connectivity index (χ4n) is 3.98. The van der Waals surface area contributed by atoms with E-state index in [1.807, 2.05) is 13.9 Å². The number of aromatic carboxylic acids is 1. The lowest BCUT2D eigenvalue weighted by atomic mass is 9.90. The summed E-state index contributed by atoms with van der Waals surface area (Å²) in [7, 11) is 1.89. The van der Waals surface area contributed by atoms with E-state index in [9.17, 15) is 19.1 Å². The first-order valence-corrected chi connectivity index (χ1v) is 11.7. The highest BCUT2D eigenvalue weighted by atomic mass is 35.5. The van der Waals surface area contributed by atoms with Crippen molar-refractivity contribution >= 4 is 65.7 Å². The lowest BCUT2D eigenvalue weighted by Crippen LogP contribution is -2.37. The summed E-state index contributed by atoms with van der Waals surface area (Å²) in [6, 6.07) is 11.2. The minimum absolute atomic E-state index is 0.0244. The maximum Gasteiger partial charge on any atom is 0.335 e. The maximum absolute atomic E-state index is 13.6. The molecule has 2 aromatic heterocycles. The van der Waals surface area contributed by atoms with Gasteiger partial charge in [0.25, 0.3) is 5.91 Å². The first-order valence-electron chi connectivity index (χ1n) is 11.3. The van der Waals surface area contributed by atoms with Gasteiger partial charge in [0.2, 0.25) is 5.96 Å². The fourth-order valence-corrected chi connectivity index (χ4v) is 4.32. The number of oxazole rings is 1. The zero-order valence-electron chi connectivity index (χ0n) is 20.0. The molecule has 13 heteroatoms. The van der Waals surface area contributed by atoms with E-state index in [0.29, 0.717) is 21.8 Å². The molecular weight excluding hydrogens is 514 g/mol. The SMILES string of the molecule is Bc1ccc(C2N=C(Nc3nc4ccc(F)cc4o3)NC(C)=C2C(=O)Nc2cc(C(=O)O)ccn2)c(Cl)c1. The molecule has 3 heterocycles. The number of guanidine groups is 1. The Hall–Kier alpha value is -4.71. The molecule has 0 saturated heterocycles.